The van der Waals surface area contributed by atoms with E-state index < -0.39 is 0 Å². The van der Waals surface area contributed by atoms with Crippen LogP contribution in [0.3, 0.4) is 0 Å². The van der Waals surface area contributed by atoms with Crippen LogP contribution in [0.2, 0.25) is 10.3 Å². The van der Waals surface area contributed by atoms with Gasteiger partial charge in [0, 0.05) is 51.4 Å². The van der Waals surface area contributed by atoms with Crippen LogP contribution in [0.25, 0.3) is 11.6 Å². The van der Waals surface area contributed by atoms with Gasteiger partial charge in [0.15, 0.2) is 11.0 Å². The van der Waals surface area contributed by atoms with Crippen molar-refractivity contribution in [3.8, 4) is 11.6 Å². The molecule has 2 fully saturated rings. The highest BCUT2D eigenvalue weighted by Gasteiger charge is 2.35. The van der Waals surface area contributed by atoms with Crippen LogP contribution in [0.1, 0.15) is 49.9 Å². The fraction of sp³-hybridized carbons (Fsp3) is 0.538. The lowest BCUT2D eigenvalue weighted by atomic mass is 9.97. The molecule has 40 heavy (non-hydrogen) atoms. The Morgan fingerprint density at radius 1 is 1.12 bits per heavy atom. The molecular weight excluding hydrogens is 555 g/mol. The molecule has 14 heteroatoms. The lowest BCUT2D eigenvalue weighted by Crippen LogP contribution is -2.59. The van der Waals surface area contributed by atoms with Crippen LogP contribution in [0, 0.1) is 0 Å². The number of anilines is 3. The lowest BCUT2D eigenvalue weighted by Gasteiger charge is -2.48. The Labute approximate surface area is 243 Å². The highest BCUT2D eigenvalue weighted by atomic mass is 35.5. The van der Waals surface area contributed by atoms with E-state index in [1.165, 1.54) is 0 Å². The number of nitrogen functional groups attached to an aromatic ring is 1. The van der Waals surface area contributed by atoms with E-state index in [4.69, 9.17) is 33.4 Å². The Kier molecular flexibility index (Phi) is 8.87. The van der Waals surface area contributed by atoms with Crippen molar-refractivity contribution in [2.45, 2.75) is 51.6 Å². The van der Waals surface area contributed by atoms with Crippen LogP contribution in [-0.2, 0) is 0 Å². The third-order valence-corrected chi connectivity index (χ3v) is 7.94. The second-order valence-corrected chi connectivity index (χ2v) is 10.8. The van der Waals surface area contributed by atoms with E-state index in [9.17, 15) is 4.79 Å². The average molecular weight is 590 g/mol. The molecule has 3 N–H and O–H groups in total. The molecule has 1 amide bonds. The number of piperidine rings is 1. The summed E-state index contributed by atoms with van der Waals surface area (Å²) in [6.45, 7) is 8.64. The number of carbonyl (C=O) groups excluding carboxylic acids is 1. The van der Waals surface area contributed by atoms with Crippen LogP contribution in [0.5, 0.6) is 0 Å². The maximum absolute atomic E-state index is 13.1. The molecule has 0 bridgehead atoms. The molecule has 0 spiro atoms. The Balaban J connectivity index is 1.22. The summed E-state index contributed by atoms with van der Waals surface area (Å²) in [5.74, 6) is 1.01. The first kappa shape index (κ1) is 28.3. The van der Waals surface area contributed by atoms with Gasteiger partial charge in [-0.1, -0.05) is 41.6 Å². The van der Waals surface area contributed by atoms with Crippen molar-refractivity contribution < 1.29 is 9.21 Å². The van der Waals surface area contributed by atoms with E-state index in [1.54, 1.807) is 18.3 Å². The summed E-state index contributed by atoms with van der Waals surface area (Å²) in [6.07, 6.45) is 5.56. The van der Waals surface area contributed by atoms with Gasteiger partial charge in [0.25, 0.3) is 11.8 Å². The summed E-state index contributed by atoms with van der Waals surface area (Å²) < 4.78 is 5.58. The minimum Gasteiger partial charge on any atom is -0.402 e. The highest BCUT2D eigenvalue weighted by Crippen LogP contribution is 2.30. The number of nitrogens with zero attached hydrogens (tertiary/aromatic N) is 8. The van der Waals surface area contributed by atoms with Crippen molar-refractivity contribution in [1.29, 1.82) is 0 Å². The molecule has 1 atom stereocenters. The van der Waals surface area contributed by atoms with Gasteiger partial charge < -0.3 is 25.3 Å². The molecule has 214 valence electrons. The van der Waals surface area contributed by atoms with E-state index >= 15 is 0 Å². The number of carbonyl (C=O) groups is 1. The van der Waals surface area contributed by atoms with Crippen LogP contribution in [0.15, 0.2) is 22.7 Å². The maximum Gasteiger partial charge on any atom is 0.315 e. The fourth-order valence-corrected chi connectivity index (χ4v) is 5.97. The first-order valence-electron chi connectivity index (χ1n) is 13.7. The summed E-state index contributed by atoms with van der Waals surface area (Å²) in [4.78, 5) is 32.9. The molecule has 2 aliphatic heterocycles. The number of piperazine rings is 1. The summed E-state index contributed by atoms with van der Waals surface area (Å²) in [6, 6.07) is 4.33. The zero-order valence-corrected chi connectivity index (χ0v) is 24.2. The molecule has 0 aromatic carbocycles. The minimum atomic E-state index is -0.0925. The van der Waals surface area contributed by atoms with Crippen molar-refractivity contribution in [3.05, 3.63) is 34.2 Å². The quantitative estimate of drug-likeness (QED) is 0.370. The number of nitrogens with two attached hydrogens (primary N) is 1. The molecule has 3 aromatic heterocycles. The highest BCUT2D eigenvalue weighted by molar-refractivity contribution is 6.31. The number of hydrogen-bond donors (Lipinski definition) is 2. The van der Waals surface area contributed by atoms with E-state index in [2.05, 4.69) is 47.2 Å². The van der Waals surface area contributed by atoms with Crippen molar-refractivity contribution in [2.24, 2.45) is 0 Å². The fourth-order valence-electron chi connectivity index (χ4n) is 5.56. The summed E-state index contributed by atoms with van der Waals surface area (Å²) >= 11 is 12.5. The summed E-state index contributed by atoms with van der Waals surface area (Å²) in [7, 11) is 0. The molecule has 3 aromatic rings. The molecule has 2 aliphatic rings. The zero-order valence-electron chi connectivity index (χ0n) is 22.7. The molecule has 5 rings (SSSR count). The maximum atomic E-state index is 13.1. The predicted octanol–water partition coefficient (Wildman–Crippen LogP) is 3.84. The van der Waals surface area contributed by atoms with E-state index in [-0.39, 0.29) is 22.8 Å². The number of halogens is 2. The SMILES string of the molecule is CCC[C@H]1CN(c2ncc(-c3nnc(NCC)o3)nc2Cl)CCN1C1CCN(C(=O)c2ccc(Cl)nc2N)CC1. The molecule has 0 unspecified atom stereocenters. The Bertz CT molecular complexity index is 1330. The first-order chi connectivity index (χ1) is 19.4. The van der Waals surface area contributed by atoms with Gasteiger partial charge in [-0.05, 0) is 38.3 Å². The molecule has 0 saturated carbocycles. The van der Waals surface area contributed by atoms with Gasteiger partial charge in [-0.2, -0.15) is 0 Å². The normalized spacial score (nSPS) is 18.8. The lowest BCUT2D eigenvalue weighted by molar-refractivity contribution is 0.0481. The Morgan fingerprint density at radius 2 is 1.93 bits per heavy atom. The van der Waals surface area contributed by atoms with Gasteiger partial charge in [-0.15, -0.1) is 5.10 Å². The average Bonchev–Trinajstić information content (AvgIpc) is 3.42. The second-order valence-electron chi connectivity index (χ2n) is 10.0. The van der Waals surface area contributed by atoms with E-state index in [0.29, 0.717) is 60.0 Å². The molecule has 5 heterocycles. The number of pyridine rings is 1. The van der Waals surface area contributed by atoms with Gasteiger partial charge in [-0.3, -0.25) is 9.69 Å². The number of amides is 1. The number of aromatic nitrogens is 5. The Hall–Kier alpha value is -3.22. The third kappa shape index (κ3) is 6.08. The van der Waals surface area contributed by atoms with Gasteiger partial charge in [0.05, 0.1) is 11.8 Å². The third-order valence-electron chi connectivity index (χ3n) is 7.48. The van der Waals surface area contributed by atoms with Gasteiger partial charge in [0.1, 0.15) is 16.7 Å². The van der Waals surface area contributed by atoms with Gasteiger partial charge >= 0.3 is 6.01 Å². The van der Waals surface area contributed by atoms with Gasteiger partial charge in [-0.25, -0.2) is 15.0 Å². The standard InChI is InChI=1S/C26H34Cl2N10O2/c1-3-5-17-15-37(23-21(28)32-19(14-31-23)24-34-35-26(40-24)30-4-2)12-13-38(17)16-8-10-36(11-9-16)25(39)18-6-7-20(27)33-22(18)29/h6-7,14,16-17H,3-5,8-13,15H2,1-2H3,(H2,29,33)(H,30,35)/t17-/m0/s1. The molecule has 12 nitrogen and oxygen atoms in total. The minimum absolute atomic E-state index is 0.0925. The van der Waals surface area contributed by atoms with Crippen LogP contribution in [-0.4, -0.2) is 92.2 Å². The Morgan fingerprint density at radius 3 is 2.62 bits per heavy atom. The smallest absolute Gasteiger partial charge is 0.315 e. The summed E-state index contributed by atoms with van der Waals surface area (Å²) in [5, 5.41) is 11.6. The van der Waals surface area contributed by atoms with Crippen molar-refractivity contribution in [3.63, 3.8) is 0 Å². The predicted molar refractivity (Wildman–Crippen MR) is 155 cm³/mol. The largest absolute Gasteiger partial charge is 0.402 e. The molecular formula is C26H34Cl2N10O2. The molecule has 0 aliphatic carbocycles. The number of hydrogen-bond acceptors (Lipinski definition) is 11. The number of nitrogens with one attached hydrogen (secondary N) is 1. The van der Waals surface area contributed by atoms with Crippen LogP contribution in [0.4, 0.5) is 17.7 Å². The summed E-state index contributed by atoms with van der Waals surface area (Å²) in [5.41, 5.74) is 6.80. The van der Waals surface area contributed by atoms with Crippen molar-refractivity contribution in [1.82, 2.24) is 34.9 Å². The topological polar surface area (TPSA) is 142 Å². The monoisotopic (exact) mass is 588 g/mol. The molecule has 2 saturated heterocycles. The van der Waals surface area contributed by atoms with Gasteiger partial charge in [0.2, 0.25) is 0 Å². The number of likely N-dealkylation sites (tertiary alicyclic amines) is 1. The first-order valence-corrected chi connectivity index (χ1v) is 14.5. The molecule has 0 radical (unpaired) electrons. The number of rotatable bonds is 8. The van der Waals surface area contributed by atoms with Crippen molar-refractivity contribution in [2.75, 3.05) is 55.2 Å². The van der Waals surface area contributed by atoms with E-state index in [1.807, 2.05) is 11.8 Å². The van der Waals surface area contributed by atoms with Crippen LogP contribution >= 0.6 is 23.2 Å². The second kappa shape index (κ2) is 12.5. The van der Waals surface area contributed by atoms with E-state index in [0.717, 1.165) is 45.3 Å². The van der Waals surface area contributed by atoms with Crippen molar-refractivity contribution >= 4 is 46.8 Å². The zero-order chi connectivity index (χ0) is 28.2. The van der Waals surface area contributed by atoms with Crippen LogP contribution < -0.4 is 16.0 Å².